The number of aliphatic hydroxyl groups is 1. The summed E-state index contributed by atoms with van der Waals surface area (Å²) in [5, 5.41) is 10.8. The fraction of sp³-hybridized carbons (Fsp3) is 0.545. The molecule has 0 spiro atoms. The van der Waals surface area contributed by atoms with E-state index >= 15 is 0 Å². The van der Waals surface area contributed by atoms with Gasteiger partial charge in [0, 0.05) is 31.2 Å². The van der Waals surface area contributed by atoms with Crippen molar-refractivity contribution in [1.82, 2.24) is 9.80 Å². The molecule has 0 unspecified atom stereocenters. The van der Waals surface area contributed by atoms with Crippen molar-refractivity contribution in [3.63, 3.8) is 0 Å². The topological polar surface area (TPSA) is 39.9 Å². The van der Waals surface area contributed by atoms with Crippen LogP contribution in [0.25, 0.3) is 11.3 Å². The maximum Gasteiger partial charge on any atom is 0.134 e. The third kappa shape index (κ3) is 4.03. The minimum Gasteiger partial charge on any atom is -0.464 e. The first kappa shape index (κ1) is 17.8. The highest BCUT2D eigenvalue weighted by Crippen LogP contribution is 2.27. The van der Waals surface area contributed by atoms with E-state index in [-0.39, 0.29) is 6.10 Å². The molecule has 1 aromatic carbocycles. The van der Waals surface area contributed by atoms with Crippen LogP contribution in [-0.4, -0.2) is 53.2 Å². The average molecular weight is 354 g/mol. The van der Waals surface area contributed by atoms with E-state index in [4.69, 9.17) is 4.42 Å². The highest BCUT2D eigenvalue weighted by atomic mass is 16.3. The van der Waals surface area contributed by atoms with Crippen LogP contribution in [-0.2, 0) is 6.54 Å². The number of likely N-dealkylation sites (tertiary alicyclic amines) is 2. The predicted molar refractivity (Wildman–Crippen MR) is 104 cm³/mol. The van der Waals surface area contributed by atoms with Crippen LogP contribution in [0, 0.1) is 0 Å². The molecule has 2 fully saturated rings. The Morgan fingerprint density at radius 2 is 1.77 bits per heavy atom. The van der Waals surface area contributed by atoms with Crippen molar-refractivity contribution in [2.75, 3.05) is 26.2 Å². The Kier molecular flexibility index (Phi) is 5.73. The molecular formula is C22H30N2O2. The molecule has 2 aliphatic heterocycles. The van der Waals surface area contributed by atoms with Gasteiger partial charge >= 0.3 is 0 Å². The maximum absolute atomic E-state index is 10.8. The van der Waals surface area contributed by atoms with Gasteiger partial charge in [-0.3, -0.25) is 9.80 Å². The largest absolute Gasteiger partial charge is 0.464 e. The van der Waals surface area contributed by atoms with Gasteiger partial charge in [0.05, 0.1) is 12.4 Å². The highest BCUT2D eigenvalue weighted by molar-refractivity contribution is 5.61. The van der Waals surface area contributed by atoms with Crippen molar-refractivity contribution in [2.45, 2.75) is 50.8 Å². The molecule has 1 aromatic heterocycles. The molecule has 26 heavy (non-hydrogen) atoms. The second-order valence-electron chi connectivity index (χ2n) is 7.74. The monoisotopic (exact) mass is 354 g/mol. The number of β-amino-alcohol motifs (C(OH)–C–C–N with tert-alkyl or cyclic N) is 1. The molecule has 3 heterocycles. The van der Waals surface area contributed by atoms with E-state index in [9.17, 15) is 5.11 Å². The standard InChI is InChI=1S/C22H30N2O2/c25-21-17-23(14-11-20(21)24-12-5-1-2-6-13-24)16-18-8-3-4-9-19(18)22-10-7-15-26-22/h3-4,7-10,15,20-21,25H,1-2,5-6,11-14,16-17H2/t20-,21-/m1/s1. The minimum absolute atomic E-state index is 0.252. The number of hydrogen-bond donors (Lipinski definition) is 1. The van der Waals surface area contributed by atoms with Crippen LogP contribution >= 0.6 is 0 Å². The van der Waals surface area contributed by atoms with Crippen LogP contribution in [0.15, 0.2) is 47.1 Å². The van der Waals surface area contributed by atoms with Crippen LogP contribution in [0.1, 0.15) is 37.7 Å². The molecular weight excluding hydrogens is 324 g/mol. The van der Waals surface area contributed by atoms with E-state index in [0.29, 0.717) is 6.04 Å². The number of piperidine rings is 1. The molecule has 2 saturated heterocycles. The van der Waals surface area contributed by atoms with E-state index in [1.165, 1.54) is 31.2 Å². The van der Waals surface area contributed by atoms with Crippen molar-refractivity contribution in [3.8, 4) is 11.3 Å². The molecule has 0 radical (unpaired) electrons. The molecule has 0 amide bonds. The normalized spacial score (nSPS) is 25.9. The Bertz CT molecular complexity index is 677. The summed E-state index contributed by atoms with van der Waals surface area (Å²) in [6.45, 7) is 4.98. The highest BCUT2D eigenvalue weighted by Gasteiger charge is 2.32. The Balaban J connectivity index is 1.41. The van der Waals surface area contributed by atoms with Crippen LogP contribution < -0.4 is 0 Å². The van der Waals surface area contributed by atoms with Crippen molar-refractivity contribution in [3.05, 3.63) is 48.2 Å². The van der Waals surface area contributed by atoms with Crippen LogP contribution in [0.2, 0.25) is 0 Å². The molecule has 0 bridgehead atoms. The van der Waals surface area contributed by atoms with E-state index in [1.807, 2.05) is 12.1 Å². The fourth-order valence-electron chi connectivity index (χ4n) is 4.55. The Hall–Kier alpha value is -1.62. The summed E-state index contributed by atoms with van der Waals surface area (Å²) in [7, 11) is 0. The van der Waals surface area contributed by atoms with Gasteiger partial charge in [-0.2, -0.15) is 0 Å². The van der Waals surface area contributed by atoms with Gasteiger partial charge in [0.1, 0.15) is 5.76 Å². The zero-order valence-corrected chi connectivity index (χ0v) is 15.5. The molecule has 4 rings (SSSR count). The number of rotatable bonds is 4. The smallest absolute Gasteiger partial charge is 0.134 e. The van der Waals surface area contributed by atoms with E-state index < -0.39 is 0 Å². The summed E-state index contributed by atoms with van der Waals surface area (Å²) in [6, 6.07) is 12.7. The summed E-state index contributed by atoms with van der Waals surface area (Å²) in [4.78, 5) is 4.94. The molecule has 4 heteroatoms. The number of nitrogens with zero attached hydrogens (tertiary/aromatic N) is 2. The Morgan fingerprint density at radius 1 is 0.962 bits per heavy atom. The predicted octanol–water partition coefficient (Wildman–Crippen LogP) is 3.76. The van der Waals surface area contributed by atoms with Crippen LogP contribution in [0.4, 0.5) is 0 Å². The fourth-order valence-corrected chi connectivity index (χ4v) is 4.55. The summed E-state index contributed by atoms with van der Waals surface area (Å²) in [6.07, 6.45) is 7.78. The molecule has 2 atom stereocenters. The quantitative estimate of drug-likeness (QED) is 0.908. The third-order valence-electron chi connectivity index (χ3n) is 5.94. The van der Waals surface area contributed by atoms with Crippen molar-refractivity contribution >= 4 is 0 Å². The maximum atomic E-state index is 10.8. The first-order valence-electron chi connectivity index (χ1n) is 10.1. The summed E-state index contributed by atoms with van der Waals surface area (Å²) < 4.78 is 5.60. The third-order valence-corrected chi connectivity index (χ3v) is 5.94. The SMILES string of the molecule is O[C@@H]1CN(Cc2ccccc2-c2ccco2)CC[C@H]1N1CCCCCC1. The zero-order valence-electron chi connectivity index (χ0n) is 15.5. The second-order valence-corrected chi connectivity index (χ2v) is 7.74. The molecule has 0 saturated carbocycles. The lowest BCUT2D eigenvalue weighted by molar-refractivity contribution is -0.0143. The number of hydrogen-bond acceptors (Lipinski definition) is 4. The summed E-state index contributed by atoms with van der Waals surface area (Å²) >= 11 is 0. The lowest BCUT2D eigenvalue weighted by Crippen LogP contribution is -2.54. The van der Waals surface area contributed by atoms with Gasteiger partial charge < -0.3 is 9.52 Å². The van der Waals surface area contributed by atoms with Crippen LogP contribution in [0.3, 0.4) is 0 Å². The Labute approximate surface area is 156 Å². The van der Waals surface area contributed by atoms with Gasteiger partial charge in [0.25, 0.3) is 0 Å². The molecule has 2 aromatic rings. The average Bonchev–Trinajstić information content (AvgIpc) is 3.05. The summed E-state index contributed by atoms with van der Waals surface area (Å²) in [5.41, 5.74) is 2.42. The van der Waals surface area contributed by atoms with Gasteiger partial charge in [-0.25, -0.2) is 0 Å². The molecule has 0 aliphatic carbocycles. The van der Waals surface area contributed by atoms with Crippen LogP contribution in [0.5, 0.6) is 0 Å². The number of aliphatic hydroxyl groups excluding tert-OH is 1. The van der Waals surface area contributed by atoms with E-state index in [2.05, 4.69) is 34.1 Å². The van der Waals surface area contributed by atoms with E-state index in [1.54, 1.807) is 6.26 Å². The number of furan rings is 1. The summed E-state index contributed by atoms with van der Waals surface area (Å²) in [5.74, 6) is 0.917. The van der Waals surface area contributed by atoms with E-state index in [0.717, 1.165) is 50.5 Å². The van der Waals surface area contributed by atoms with Gasteiger partial charge in [0.15, 0.2) is 0 Å². The molecule has 140 valence electrons. The zero-order chi connectivity index (χ0) is 17.8. The van der Waals surface area contributed by atoms with Gasteiger partial charge in [-0.15, -0.1) is 0 Å². The second kappa shape index (κ2) is 8.38. The van der Waals surface area contributed by atoms with Crippen molar-refractivity contribution in [2.24, 2.45) is 0 Å². The molecule has 2 aliphatic rings. The lowest BCUT2D eigenvalue weighted by atomic mass is 9.98. The minimum atomic E-state index is -0.252. The number of benzene rings is 1. The first-order chi connectivity index (χ1) is 12.8. The first-order valence-corrected chi connectivity index (χ1v) is 10.1. The van der Waals surface area contributed by atoms with Crippen molar-refractivity contribution in [1.29, 1.82) is 0 Å². The molecule has 1 N–H and O–H groups in total. The van der Waals surface area contributed by atoms with Crippen molar-refractivity contribution < 1.29 is 9.52 Å². The molecule has 4 nitrogen and oxygen atoms in total. The Morgan fingerprint density at radius 3 is 2.50 bits per heavy atom. The van der Waals surface area contributed by atoms with Gasteiger partial charge in [-0.1, -0.05) is 37.1 Å². The lowest BCUT2D eigenvalue weighted by Gasteiger charge is -2.41. The van der Waals surface area contributed by atoms with Gasteiger partial charge in [0.2, 0.25) is 0 Å². The van der Waals surface area contributed by atoms with Gasteiger partial charge in [-0.05, 0) is 50.0 Å².